The Bertz CT molecular complexity index is 398. The molecule has 0 spiro atoms. The fourth-order valence-electron chi connectivity index (χ4n) is 2.27. The van der Waals surface area contributed by atoms with E-state index < -0.39 is 18.0 Å². The minimum absolute atomic E-state index is 0.0457. The van der Waals surface area contributed by atoms with Crippen LogP contribution in [0.2, 0.25) is 0 Å². The van der Waals surface area contributed by atoms with Gasteiger partial charge in [-0.15, -0.1) is 0 Å². The standard InChI is InChI=1S/C14H25N3O4/c1-9(2)5-4-6-10(3)16-14(21)17-8-12(18)15-7-11(17)13(19)20/h9-11H,4-8H2,1-3H3,(H,15,18)(H,16,21)(H,19,20). The second-order valence-electron chi connectivity index (χ2n) is 5.96. The van der Waals surface area contributed by atoms with Crippen LogP contribution in [0.4, 0.5) is 4.79 Å². The Morgan fingerprint density at radius 1 is 1.38 bits per heavy atom. The third kappa shape index (κ3) is 5.61. The zero-order chi connectivity index (χ0) is 16.0. The van der Waals surface area contributed by atoms with Crippen LogP contribution in [0.1, 0.15) is 40.0 Å². The number of hydrogen-bond acceptors (Lipinski definition) is 3. The number of amides is 3. The van der Waals surface area contributed by atoms with Crippen LogP contribution in [0.3, 0.4) is 0 Å². The Morgan fingerprint density at radius 3 is 2.62 bits per heavy atom. The topological polar surface area (TPSA) is 98.7 Å². The number of aliphatic carboxylic acids is 1. The second-order valence-corrected chi connectivity index (χ2v) is 5.96. The molecular formula is C14H25N3O4. The first-order valence-electron chi connectivity index (χ1n) is 7.38. The molecule has 1 aliphatic rings. The highest BCUT2D eigenvalue weighted by Gasteiger charge is 2.35. The van der Waals surface area contributed by atoms with Crippen LogP contribution in [0.15, 0.2) is 0 Å². The van der Waals surface area contributed by atoms with Crippen LogP contribution < -0.4 is 10.6 Å². The maximum atomic E-state index is 12.1. The van der Waals surface area contributed by atoms with E-state index in [-0.39, 0.29) is 25.0 Å². The minimum atomic E-state index is -1.11. The van der Waals surface area contributed by atoms with Gasteiger partial charge in [-0.1, -0.05) is 26.7 Å². The summed E-state index contributed by atoms with van der Waals surface area (Å²) in [6.45, 7) is 5.91. The summed E-state index contributed by atoms with van der Waals surface area (Å²) in [7, 11) is 0. The van der Waals surface area contributed by atoms with E-state index in [0.717, 1.165) is 24.2 Å². The SMILES string of the molecule is CC(C)CCCC(C)NC(=O)N1CC(=O)NCC1C(=O)O. The molecule has 3 amide bonds. The van der Waals surface area contributed by atoms with Crippen LogP contribution in [0.25, 0.3) is 0 Å². The monoisotopic (exact) mass is 299 g/mol. The lowest BCUT2D eigenvalue weighted by atomic mass is 10.0. The van der Waals surface area contributed by atoms with Crippen molar-refractivity contribution in [3.63, 3.8) is 0 Å². The van der Waals surface area contributed by atoms with Gasteiger partial charge in [0.25, 0.3) is 0 Å². The lowest BCUT2D eigenvalue weighted by Crippen LogP contribution is -2.62. The van der Waals surface area contributed by atoms with Crippen LogP contribution in [-0.4, -0.2) is 53.1 Å². The van der Waals surface area contributed by atoms with Crippen molar-refractivity contribution in [3.05, 3.63) is 0 Å². The molecule has 0 saturated carbocycles. The third-order valence-corrected chi connectivity index (χ3v) is 3.52. The summed E-state index contributed by atoms with van der Waals surface area (Å²) in [6, 6.07) is -1.55. The molecule has 7 nitrogen and oxygen atoms in total. The first-order valence-corrected chi connectivity index (χ1v) is 7.38. The molecule has 2 atom stereocenters. The van der Waals surface area contributed by atoms with Gasteiger partial charge in [0, 0.05) is 12.6 Å². The first-order chi connectivity index (χ1) is 9.81. The van der Waals surface area contributed by atoms with E-state index in [1.54, 1.807) is 0 Å². The van der Waals surface area contributed by atoms with Gasteiger partial charge in [0.1, 0.15) is 12.6 Å². The van der Waals surface area contributed by atoms with Gasteiger partial charge >= 0.3 is 12.0 Å². The predicted octanol–water partition coefficient (Wildman–Crippen LogP) is 0.796. The van der Waals surface area contributed by atoms with Crippen molar-refractivity contribution in [2.45, 2.75) is 52.1 Å². The van der Waals surface area contributed by atoms with Crippen molar-refractivity contribution in [1.82, 2.24) is 15.5 Å². The van der Waals surface area contributed by atoms with E-state index >= 15 is 0 Å². The van der Waals surface area contributed by atoms with Gasteiger partial charge in [-0.2, -0.15) is 0 Å². The molecule has 3 N–H and O–H groups in total. The summed E-state index contributed by atoms with van der Waals surface area (Å²) in [5.74, 6) is -0.831. The highest BCUT2D eigenvalue weighted by Crippen LogP contribution is 2.10. The van der Waals surface area contributed by atoms with E-state index in [2.05, 4.69) is 24.5 Å². The van der Waals surface area contributed by atoms with Crippen LogP contribution >= 0.6 is 0 Å². The van der Waals surface area contributed by atoms with Gasteiger partial charge in [-0.05, 0) is 19.3 Å². The highest BCUT2D eigenvalue weighted by molar-refractivity contribution is 5.90. The molecule has 0 radical (unpaired) electrons. The van der Waals surface area contributed by atoms with Crippen molar-refractivity contribution in [3.8, 4) is 0 Å². The van der Waals surface area contributed by atoms with Crippen molar-refractivity contribution in [2.24, 2.45) is 5.92 Å². The lowest BCUT2D eigenvalue weighted by molar-refractivity contribution is -0.144. The molecule has 0 bridgehead atoms. The molecule has 2 unspecified atom stereocenters. The number of carbonyl (C=O) groups excluding carboxylic acids is 2. The average Bonchev–Trinajstić information content (AvgIpc) is 2.37. The zero-order valence-electron chi connectivity index (χ0n) is 12.9. The summed E-state index contributed by atoms with van der Waals surface area (Å²) < 4.78 is 0. The number of carboxylic acids is 1. The Kier molecular flexibility index (Phi) is 6.45. The number of rotatable bonds is 6. The molecule has 1 saturated heterocycles. The molecule has 7 heteroatoms. The number of carboxylic acid groups (broad SMARTS) is 1. The average molecular weight is 299 g/mol. The Balaban J connectivity index is 2.51. The molecule has 1 aliphatic heterocycles. The van der Waals surface area contributed by atoms with Crippen LogP contribution in [0, 0.1) is 5.92 Å². The number of piperazine rings is 1. The summed E-state index contributed by atoms with van der Waals surface area (Å²) in [5, 5.41) is 14.3. The molecule has 0 aromatic carbocycles. The van der Waals surface area contributed by atoms with E-state index in [1.807, 2.05) is 6.92 Å². The molecule has 0 aliphatic carbocycles. The van der Waals surface area contributed by atoms with Crippen molar-refractivity contribution < 1.29 is 19.5 Å². The number of urea groups is 1. The normalized spacial score (nSPS) is 20.1. The van der Waals surface area contributed by atoms with E-state index in [0.29, 0.717) is 5.92 Å². The summed E-state index contributed by atoms with van der Waals surface area (Å²) in [6.07, 6.45) is 2.92. The molecular weight excluding hydrogens is 274 g/mol. The largest absolute Gasteiger partial charge is 0.480 e. The van der Waals surface area contributed by atoms with E-state index in [9.17, 15) is 14.4 Å². The van der Waals surface area contributed by atoms with Crippen LogP contribution in [-0.2, 0) is 9.59 Å². The minimum Gasteiger partial charge on any atom is -0.480 e. The molecule has 21 heavy (non-hydrogen) atoms. The summed E-state index contributed by atoms with van der Waals surface area (Å²) in [5.41, 5.74) is 0. The lowest BCUT2D eigenvalue weighted by Gasteiger charge is -2.33. The fourth-order valence-corrected chi connectivity index (χ4v) is 2.27. The molecule has 0 aromatic rings. The van der Waals surface area contributed by atoms with E-state index in [4.69, 9.17) is 5.11 Å². The Labute approximate surface area is 125 Å². The predicted molar refractivity (Wildman–Crippen MR) is 77.8 cm³/mol. The molecule has 1 rings (SSSR count). The van der Waals surface area contributed by atoms with Crippen molar-refractivity contribution in [1.29, 1.82) is 0 Å². The van der Waals surface area contributed by atoms with Gasteiger partial charge < -0.3 is 15.7 Å². The first kappa shape index (κ1) is 17.3. The number of nitrogens with one attached hydrogen (secondary N) is 2. The Morgan fingerprint density at radius 2 is 2.05 bits per heavy atom. The summed E-state index contributed by atoms with van der Waals surface area (Å²) in [4.78, 5) is 35.7. The van der Waals surface area contributed by atoms with Gasteiger partial charge in [0.05, 0.1) is 0 Å². The Hall–Kier alpha value is -1.79. The molecule has 0 aromatic heterocycles. The quantitative estimate of drug-likeness (QED) is 0.675. The fraction of sp³-hybridized carbons (Fsp3) is 0.786. The number of nitrogens with zero attached hydrogens (tertiary/aromatic N) is 1. The van der Waals surface area contributed by atoms with Gasteiger partial charge in [0.2, 0.25) is 5.91 Å². The molecule has 1 fully saturated rings. The maximum Gasteiger partial charge on any atom is 0.328 e. The highest BCUT2D eigenvalue weighted by atomic mass is 16.4. The second kappa shape index (κ2) is 7.85. The van der Waals surface area contributed by atoms with Gasteiger partial charge in [-0.3, -0.25) is 9.69 Å². The van der Waals surface area contributed by atoms with Crippen molar-refractivity contribution in [2.75, 3.05) is 13.1 Å². The van der Waals surface area contributed by atoms with Crippen molar-refractivity contribution >= 4 is 17.9 Å². The maximum absolute atomic E-state index is 12.1. The van der Waals surface area contributed by atoms with E-state index in [1.165, 1.54) is 0 Å². The number of hydrogen-bond donors (Lipinski definition) is 3. The third-order valence-electron chi connectivity index (χ3n) is 3.52. The smallest absolute Gasteiger partial charge is 0.328 e. The van der Waals surface area contributed by atoms with Gasteiger partial charge in [-0.25, -0.2) is 9.59 Å². The molecule has 120 valence electrons. The van der Waals surface area contributed by atoms with Gasteiger partial charge in [0.15, 0.2) is 0 Å². The van der Waals surface area contributed by atoms with Crippen LogP contribution in [0.5, 0.6) is 0 Å². The molecule has 1 heterocycles. The summed E-state index contributed by atoms with van der Waals surface area (Å²) >= 11 is 0. The number of carbonyl (C=O) groups is 3. The zero-order valence-corrected chi connectivity index (χ0v) is 12.9.